The molecule has 23 heteroatoms. The molecule has 0 saturated carbocycles. The van der Waals surface area contributed by atoms with Crippen LogP contribution >= 0.6 is 24.4 Å². The van der Waals surface area contributed by atoms with Crippen molar-refractivity contribution in [2.75, 3.05) is 28.2 Å². The van der Waals surface area contributed by atoms with E-state index in [1.54, 1.807) is 9.80 Å². The molecule has 0 radical (unpaired) electrons. The fourth-order valence-corrected chi connectivity index (χ4v) is 3.47. The molecule has 13 nitrogen and oxygen atoms in total. The predicted molar refractivity (Wildman–Crippen MR) is 200 cm³/mol. The third-order valence-electron chi connectivity index (χ3n) is 5.54. The normalized spacial score (nSPS) is 9.34. The number of thiocarbonyl (C=S) groups is 2. The summed E-state index contributed by atoms with van der Waals surface area (Å²) in [5, 5.41) is 6.93. The van der Waals surface area contributed by atoms with Crippen LogP contribution in [0.25, 0.3) is 43.4 Å². The number of hydrogen-bond donors (Lipinski definition) is 0. The molecule has 0 saturated heterocycles. The number of halogens is 2. The molecule has 58 heavy (non-hydrogen) atoms. The maximum absolute atomic E-state index is 9.44. The number of ketones is 1. The van der Waals surface area contributed by atoms with Gasteiger partial charge in [-0.2, -0.15) is 0 Å². The zero-order chi connectivity index (χ0) is 41.6. The van der Waals surface area contributed by atoms with Gasteiger partial charge in [-0.1, -0.05) is 45.0 Å². The summed E-state index contributed by atoms with van der Waals surface area (Å²) in [7, 11) is -2.57. The SMILES string of the molecule is CC(C)=O.CN(C)C(=S)[S-].CN(C)C(=S)[S-].[Ag+].[Ag+].[O-][Cl+3]([O-])([O-])[O-].[O-][Cl+3]([O-])([O-])[O-].[Pt+2].[Pt+2].[c-]1cccc2ccc3cccnc3c12.[c-]1cccc2ccc3cccnc3c12. The van der Waals surface area contributed by atoms with Gasteiger partial charge in [0.25, 0.3) is 0 Å². The minimum absolute atomic E-state index is 0. The number of carbonyl (C=O) groups excluding carboxylic acids is 1. The largest absolute Gasteiger partial charge is 2.00 e. The molecule has 0 aliphatic heterocycles. The summed E-state index contributed by atoms with van der Waals surface area (Å²) in [6.45, 7) is 3.06. The molecule has 328 valence electrons. The van der Waals surface area contributed by atoms with E-state index >= 15 is 0 Å². The average Bonchev–Trinajstić information content (AvgIpc) is 3.07. The Morgan fingerprint density at radius 2 is 0.793 bits per heavy atom. The van der Waals surface area contributed by atoms with E-state index in [2.05, 4.69) is 120 Å². The molecule has 6 rings (SSSR count). The monoisotopic (exact) mass is 1460 g/mol. The van der Waals surface area contributed by atoms with Gasteiger partial charge in [0, 0.05) is 40.6 Å². The van der Waals surface area contributed by atoms with Crippen molar-refractivity contribution in [2.24, 2.45) is 0 Å². The Morgan fingerprint density at radius 1 is 0.569 bits per heavy atom. The van der Waals surface area contributed by atoms with Crippen LogP contribution in [0, 0.1) is 32.6 Å². The molecule has 0 N–H and O–H groups in total. The standard InChI is InChI=1S/2C13H8N.2C3H7NS2.C3H6O.2Ag.2ClHO4.2Pt/c2*1-2-6-12-10(4-1)7-8-11-5-3-9-14-13(11)12;2*1-4(2)3(5)6;1-3(2)4;;;2*2-1(3,4)5;;/h2*1-5,7-9H;2*1-2H3,(H,5,6);1-2H3;;;2*(H,2,3,4,5);;/q2*-1;;;;2*+1;;;2*+2/p-4. The summed E-state index contributed by atoms with van der Waals surface area (Å²) in [5.41, 5.74) is 2.07. The third kappa shape index (κ3) is 33.9. The molecule has 2 aromatic heterocycles. The molecule has 0 atom stereocenters. The van der Waals surface area contributed by atoms with Gasteiger partial charge in [-0.05, 0) is 47.8 Å². The van der Waals surface area contributed by atoms with Crippen molar-refractivity contribution in [1.29, 1.82) is 0 Å². The van der Waals surface area contributed by atoms with Crippen LogP contribution in [-0.4, -0.2) is 62.4 Å². The number of pyridine rings is 2. The van der Waals surface area contributed by atoms with Gasteiger partial charge < -0.3 is 74.3 Å². The molecule has 2 heterocycles. The van der Waals surface area contributed by atoms with E-state index in [0.29, 0.717) is 8.64 Å². The van der Waals surface area contributed by atoms with Crippen molar-refractivity contribution in [3.8, 4) is 0 Å². The second-order valence-electron chi connectivity index (χ2n) is 10.5. The number of rotatable bonds is 0. The molecule has 0 aliphatic carbocycles. The van der Waals surface area contributed by atoms with Gasteiger partial charge in [0.05, 0.1) is 0 Å². The molecular formula is C35H34Ag2Cl2N4O9Pt2S4. The van der Waals surface area contributed by atoms with Crippen LogP contribution in [0.4, 0.5) is 0 Å². The molecular weight excluding hydrogens is 1430 g/mol. The first kappa shape index (κ1) is 66.3. The fourth-order valence-electron chi connectivity index (χ4n) is 3.47. The number of benzene rings is 4. The Hall–Kier alpha value is -0.773. The van der Waals surface area contributed by atoms with Crippen LogP contribution in [0.15, 0.2) is 97.3 Å². The molecule has 0 bridgehead atoms. The quantitative estimate of drug-likeness (QED) is 0.0537. The number of aromatic nitrogens is 2. The van der Waals surface area contributed by atoms with E-state index in [-0.39, 0.29) is 92.7 Å². The maximum Gasteiger partial charge on any atom is 2.00 e. The first-order chi connectivity index (χ1) is 24.9. The number of nitrogens with zero attached hydrogens (tertiary/aromatic N) is 4. The molecule has 0 amide bonds. The van der Waals surface area contributed by atoms with Gasteiger partial charge in [-0.25, -0.2) is 37.3 Å². The van der Waals surface area contributed by atoms with E-state index in [9.17, 15) is 4.79 Å². The predicted octanol–water partition coefficient (Wildman–Crippen LogP) is -1.79. The number of fused-ring (bicyclic) bond motifs is 6. The molecule has 0 fully saturated rings. The van der Waals surface area contributed by atoms with Gasteiger partial charge >= 0.3 is 86.9 Å². The zero-order valence-corrected chi connectivity index (χ0v) is 43.1. The summed E-state index contributed by atoms with van der Waals surface area (Å²) < 4.78 is 69.0. The molecule has 6 aromatic rings. The number of Topliss-reactive ketones (excluding diaryl/α,β-unsaturated/α-hetero) is 1. The van der Waals surface area contributed by atoms with Crippen LogP contribution < -0.4 is 37.3 Å². The second kappa shape index (κ2) is 34.8. The maximum atomic E-state index is 9.44. The van der Waals surface area contributed by atoms with Crippen molar-refractivity contribution in [3.05, 3.63) is 109 Å². The summed E-state index contributed by atoms with van der Waals surface area (Å²) >= 11 is 18.2. The smallest absolute Gasteiger partial charge is 0.411 e. The van der Waals surface area contributed by atoms with Crippen LogP contribution in [-0.2, 0) is 117 Å². The summed E-state index contributed by atoms with van der Waals surface area (Å²) in [4.78, 5) is 21.6. The van der Waals surface area contributed by atoms with E-state index < -0.39 is 20.5 Å². The van der Waals surface area contributed by atoms with Crippen molar-refractivity contribution in [3.63, 3.8) is 0 Å². The second-order valence-corrected chi connectivity index (χ2v) is 14.1. The Balaban J connectivity index is -0.000000199. The number of carbonyl (C=O) groups is 1. The summed E-state index contributed by atoms with van der Waals surface area (Å²) in [6, 6.07) is 34.9. The molecule has 4 aromatic carbocycles. The molecule has 0 aliphatic rings. The molecule has 0 unspecified atom stereocenters. The van der Waals surface area contributed by atoms with E-state index in [4.69, 9.17) is 37.3 Å². The Kier molecular flexibility index (Phi) is 39.8. The van der Waals surface area contributed by atoms with Gasteiger partial charge in [0.1, 0.15) is 5.78 Å². The van der Waals surface area contributed by atoms with E-state index in [1.807, 2.05) is 77.0 Å². The zero-order valence-electron chi connectivity index (χ0n) is 30.8. The first-order valence-corrected chi connectivity index (χ1v) is 18.8. The minimum atomic E-state index is -4.94. The van der Waals surface area contributed by atoms with Crippen molar-refractivity contribution >= 4 is 107 Å². The minimum Gasteiger partial charge on any atom is -0.411 e. The Labute approximate surface area is 423 Å². The van der Waals surface area contributed by atoms with Crippen LogP contribution in [0.5, 0.6) is 0 Å². The van der Waals surface area contributed by atoms with Gasteiger partial charge in [-0.3, -0.25) is 0 Å². The number of hydrogen-bond acceptors (Lipinski definition) is 15. The van der Waals surface area contributed by atoms with Crippen molar-refractivity contribution in [1.82, 2.24) is 19.8 Å². The topological polar surface area (TPSA) is 234 Å². The summed E-state index contributed by atoms with van der Waals surface area (Å²) in [5.74, 6) is 0.167. The van der Waals surface area contributed by atoms with Crippen molar-refractivity contribution in [2.45, 2.75) is 13.8 Å². The first-order valence-electron chi connectivity index (χ1n) is 14.7. The van der Waals surface area contributed by atoms with Gasteiger partial charge in [-0.15, -0.1) is 90.6 Å². The fraction of sp³-hybridized carbons (Fsp3) is 0.171. The van der Waals surface area contributed by atoms with Crippen LogP contribution in [0.2, 0.25) is 0 Å². The van der Waals surface area contributed by atoms with Gasteiger partial charge in [0.15, 0.2) is 0 Å². The van der Waals surface area contributed by atoms with Crippen molar-refractivity contribution < 1.29 is 149 Å². The van der Waals surface area contributed by atoms with Crippen LogP contribution in [0.3, 0.4) is 0 Å². The molecule has 0 spiro atoms. The average molecular weight is 1460 g/mol. The van der Waals surface area contributed by atoms with Gasteiger partial charge in [0.2, 0.25) is 0 Å². The third-order valence-corrected chi connectivity index (χ3v) is 7.00. The van der Waals surface area contributed by atoms with Crippen LogP contribution in [0.1, 0.15) is 13.8 Å². The summed E-state index contributed by atoms with van der Waals surface area (Å²) in [6.07, 6.45) is 3.64. The Bertz CT molecular complexity index is 1830. The Morgan fingerprint density at radius 3 is 1.03 bits per heavy atom. The van der Waals surface area contributed by atoms with E-state index in [1.165, 1.54) is 35.4 Å². The van der Waals surface area contributed by atoms with E-state index in [0.717, 1.165) is 21.8 Å².